The molecule has 0 bridgehead atoms. The van der Waals surface area contributed by atoms with Crippen LogP contribution in [0, 0.1) is 6.92 Å². The second kappa shape index (κ2) is 10.3. The molecule has 1 fully saturated rings. The third kappa shape index (κ3) is 5.38. The van der Waals surface area contributed by atoms with Crippen LogP contribution in [-0.2, 0) is 17.7 Å². The van der Waals surface area contributed by atoms with E-state index in [9.17, 15) is 9.59 Å². The Hall–Kier alpha value is -3.64. The number of hydrogen-bond donors (Lipinski definition) is 2. The molecule has 2 aliphatic heterocycles. The monoisotopic (exact) mass is 469 g/mol. The molecule has 1 saturated heterocycles. The third-order valence-corrected chi connectivity index (χ3v) is 6.80. The van der Waals surface area contributed by atoms with Gasteiger partial charge in [0, 0.05) is 43.2 Å². The molecular weight excluding hydrogens is 438 g/mol. The fraction of sp³-hybridized carbons (Fsp3) is 0.310. The molecule has 5 rings (SSSR count). The van der Waals surface area contributed by atoms with Crippen molar-refractivity contribution in [2.75, 3.05) is 29.9 Å². The van der Waals surface area contributed by atoms with Crippen LogP contribution in [0.3, 0.4) is 0 Å². The Labute approximate surface area is 206 Å². The quantitative estimate of drug-likeness (QED) is 0.548. The second-order valence-electron chi connectivity index (χ2n) is 9.34. The van der Waals surface area contributed by atoms with E-state index in [1.165, 1.54) is 11.1 Å². The molecule has 0 radical (unpaired) electrons. The van der Waals surface area contributed by atoms with Gasteiger partial charge in [0.25, 0.3) is 11.8 Å². The second-order valence-corrected chi connectivity index (χ2v) is 9.34. The maximum atomic E-state index is 13.3. The Balaban J connectivity index is 1.39. The van der Waals surface area contributed by atoms with Gasteiger partial charge in [0.15, 0.2) is 0 Å². The molecule has 6 heteroatoms. The Bertz CT molecular complexity index is 1220. The molecule has 3 aromatic rings. The third-order valence-electron chi connectivity index (χ3n) is 6.80. The van der Waals surface area contributed by atoms with E-state index in [4.69, 9.17) is 4.74 Å². The van der Waals surface area contributed by atoms with Crippen molar-refractivity contribution in [1.82, 2.24) is 5.32 Å². The summed E-state index contributed by atoms with van der Waals surface area (Å²) < 4.78 is 5.68. The summed E-state index contributed by atoms with van der Waals surface area (Å²) in [5.74, 6) is -0.351. The van der Waals surface area contributed by atoms with Crippen molar-refractivity contribution in [3.63, 3.8) is 0 Å². The smallest absolute Gasteiger partial charge is 0.255 e. The van der Waals surface area contributed by atoms with Crippen molar-refractivity contribution in [1.29, 1.82) is 0 Å². The first-order valence-electron chi connectivity index (χ1n) is 12.3. The number of benzene rings is 3. The molecule has 0 spiro atoms. The molecule has 2 heterocycles. The first kappa shape index (κ1) is 23.1. The van der Waals surface area contributed by atoms with E-state index in [1.807, 2.05) is 31.2 Å². The van der Waals surface area contributed by atoms with Crippen LogP contribution in [0.1, 0.15) is 50.2 Å². The Kier molecular flexibility index (Phi) is 6.82. The fourth-order valence-corrected chi connectivity index (χ4v) is 4.79. The van der Waals surface area contributed by atoms with Crippen molar-refractivity contribution in [3.05, 3.63) is 94.5 Å². The number of fused-ring (bicyclic) bond motifs is 1. The van der Waals surface area contributed by atoms with Crippen molar-refractivity contribution < 1.29 is 14.3 Å². The average molecular weight is 470 g/mol. The number of aryl methyl sites for hydroxylation is 1. The zero-order valence-corrected chi connectivity index (χ0v) is 20.0. The van der Waals surface area contributed by atoms with E-state index in [-0.39, 0.29) is 17.9 Å². The summed E-state index contributed by atoms with van der Waals surface area (Å²) in [6.45, 7) is 4.80. The van der Waals surface area contributed by atoms with E-state index in [0.29, 0.717) is 23.4 Å². The molecule has 3 aromatic carbocycles. The minimum atomic E-state index is -0.199. The van der Waals surface area contributed by atoms with E-state index >= 15 is 0 Å². The van der Waals surface area contributed by atoms with Crippen LogP contribution < -0.4 is 15.5 Å². The first-order valence-corrected chi connectivity index (χ1v) is 12.3. The van der Waals surface area contributed by atoms with Gasteiger partial charge in [-0.15, -0.1) is 0 Å². The minimum absolute atomic E-state index is 0.0636. The van der Waals surface area contributed by atoms with Gasteiger partial charge in [0.05, 0.1) is 11.7 Å². The van der Waals surface area contributed by atoms with E-state index in [1.54, 1.807) is 18.2 Å². The molecular formula is C29H31N3O3. The summed E-state index contributed by atoms with van der Waals surface area (Å²) in [5.41, 5.74) is 6.34. The van der Waals surface area contributed by atoms with Gasteiger partial charge in [-0.3, -0.25) is 9.59 Å². The zero-order chi connectivity index (χ0) is 24.2. The topological polar surface area (TPSA) is 70.7 Å². The normalized spacial score (nSPS) is 17.1. The molecule has 0 saturated carbocycles. The van der Waals surface area contributed by atoms with Gasteiger partial charge in [-0.05, 0) is 67.6 Å². The molecule has 0 aromatic heterocycles. The molecule has 35 heavy (non-hydrogen) atoms. The maximum absolute atomic E-state index is 13.3. The highest BCUT2D eigenvalue weighted by molar-refractivity contribution is 6.06. The predicted molar refractivity (Wildman–Crippen MR) is 138 cm³/mol. The van der Waals surface area contributed by atoms with Crippen molar-refractivity contribution >= 4 is 23.2 Å². The van der Waals surface area contributed by atoms with Crippen LogP contribution in [0.25, 0.3) is 0 Å². The molecule has 2 N–H and O–H groups in total. The molecule has 1 atom stereocenters. The van der Waals surface area contributed by atoms with E-state index < -0.39 is 0 Å². The standard InChI is InChI=1S/C29H31N3O3/c1-20-8-10-22(11-9-20)28(33)31-24-12-13-27(32-15-14-21-5-2-3-6-23(21)19-32)26(17-24)29(34)30-18-25-7-4-16-35-25/h2-3,5-6,8-13,17,25H,4,7,14-16,18-19H2,1H3,(H,30,34)(H,31,33). The molecule has 0 aliphatic carbocycles. The highest BCUT2D eigenvalue weighted by Gasteiger charge is 2.23. The van der Waals surface area contributed by atoms with E-state index in [0.717, 1.165) is 50.2 Å². The number of nitrogens with zero attached hydrogens (tertiary/aromatic N) is 1. The van der Waals surface area contributed by atoms with Crippen LogP contribution in [0.2, 0.25) is 0 Å². The Morgan fingerprint density at radius 3 is 2.57 bits per heavy atom. The van der Waals surface area contributed by atoms with Crippen molar-refractivity contribution in [2.24, 2.45) is 0 Å². The first-order chi connectivity index (χ1) is 17.1. The number of carbonyl (C=O) groups excluding carboxylic acids is 2. The van der Waals surface area contributed by atoms with Crippen LogP contribution in [0.15, 0.2) is 66.7 Å². The van der Waals surface area contributed by atoms with E-state index in [2.05, 4.69) is 39.8 Å². The number of rotatable bonds is 6. The van der Waals surface area contributed by atoms with Gasteiger partial charge in [-0.2, -0.15) is 0 Å². The summed E-state index contributed by atoms with van der Waals surface area (Å²) >= 11 is 0. The summed E-state index contributed by atoms with van der Waals surface area (Å²) in [6.07, 6.45) is 2.98. The lowest BCUT2D eigenvalue weighted by Gasteiger charge is -2.32. The molecule has 2 amide bonds. The van der Waals surface area contributed by atoms with Gasteiger partial charge in [0.2, 0.25) is 0 Å². The highest BCUT2D eigenvalue weighted by atomic mass is 16.5. The van der Waals surface area contributed by atoms with Gasteiger partial charge in [-0.25, -0.2) is 0 Å². The lowest BCUT2D eigenvalue weighted by Crippen LogP contribution is -2.35. The fourth-order valence-electron chi connectivity index (χ4n) is 4.79. The Morgan fingerprint density at radius 1 is 1.00 bits per heavy atom. The molecule has 6 nitrogen and oxygen atoms in total. The summed E-state index contributed by atoms with van der Waals surface area (Å²) in [6, 6.07) is 21.5. The maximum Gasteiger partial charge on any atom is 0.255 e. The largest absolute Gasteiger partial charge is 0.376 e. The summed E-state index contributed by atoms with van der Waals surface area (Å²) in [5, 5.41) is 6.01. The summed E-state index contributed by atoms with van der Waals surface area (Å²) in [7, 11) is 0. The average Bonchev–Trinajstić information content (AvgIpc) is 3.41. The molecule has 1 unspecified atom stereocenters. The predicted octanol–water partition coefficient (Wildman–Crippen LogP) is 4.72. The van der Waals surface area contributed by atoms with Crippen LogP contribution >= 0.6 is 0 Å². The van der Waals surface area contributed by atoms with Gasteiger partial charge < -0.3 is 20.3 Å². The lowest BCUT2D eigenvalue weighted by atomic mass is 9.98. The Morgan fingerprint density at radius 2 is 1.80 bits per heavy atom. The SMILES string of the molecule is Cc1ccc(C(=O)Nc2ccc(N3CCc4ccccc4C3)c(C(=O)NCC3CCCO3)c2)cc1. The van der Waals surface area contributed by atoms with Gasteiger partial charge >= 0.3 is 0 Å². The highest BCUT2D eigenvalue weighted by Crippen LogP contribution is 2.30. The number of ether oxygens (including phenoxy) is 1. The minimum Gasteiger partial charge on any atom is -0.376 e. The molecule has 180 valence electrons. The number of anilines is 2. The number of carbonyl (C=O) groups is 2. The summed E-state index contributed by atoms with van der Waals surface area (Å²) in [4.78, 5) is 28.4. The van der Waals surface area contributed by atoms with Crippen molar-refractivity contribution in [3.8, 4) is 0 Å². The lowest BCUT2D eigenvalue weighted by molar-refractivity contribution is 0.0858. The molecule has 2 aliphatic rings. The van der Waals surface area contributed by atoms with Gasteiger partial charge in [0.1, 0.15) is 0 Å². The van der Waals surface area contributed by atoms with Crippen LogP contribution in [-0.4, -0.2) is 37.6 Å². The van der Waals surface area contributed by atoms with Crippen LogP contribution in [0.4, 0.5) is 11.4 Å². The van der Waals surface area contributed by atoms with Gasteiger partial charge in [-0.1, -0.05) is 42.0 Å². The van der Waals surface area contributed by atoms with Crippen LogP contribution in [0.5, 0.6) is 0 Å². The number of nitrogens with one attached hydrogen (secondary N) is 2. The van der Waals surface area contributed by atoms with Crippen molar-refractivity contribution in [2.45, 2.75) is 38.8 Å². The number of hydrogen-bond acceptors (Lipinski definition) is 4. The zero-order valence-electron chi connectivity index (χ0n) is 20.0. The number of amides is 2.